The fourth-order valence-electron chi connectivity index (χ4n) is 10.1. The van der Waals surface area contributed by atoms with Crippen LogP contribution in [0, 0.1) is 11.3 Å². The summed E-state index contributed by atoms with van der Waals surface area (Å²) in [5.74, 6) is -0.510. The number of phenols is 1. The first kappa shape index (κ1) is 42.2. The molecule has 3 aromatic rings. The van der Waals surface area contributed by atoms with Gasteiger partial charge in [-0.25, -0.2) is 0 Å². The average Bonchev–Trinajstić information content (AvgIpc) is 3.85. The number of phenolic OH excluding ortho intramolecular Hbond substituents is 1. The Kier molecular flexibility index (Phi) is 12.5. The standard InChI is InChI=1S/C43H61N9O8/c1-28(2)38(41(56)52-26-29(53)21-34(52)40(45)55)36-23-37(48-60-36)58-19-15-49-11-7-42(8-12-49)24-30(25-42)57-18-16-50-17-20-59-43(27-50)9-13-51(14-10-43)33-22-32(46-47-39(33)44)31-5-3-4-6-35(31)54/h3-6,22-23,28-30,34,38,53-54H,7-21,24-27H2,1-2H3,(H2,44,47)(H2,45,55)/t29-,34+,38?/m1/s1. The molecule has 2 spiro atoms. The molecule has 8 rings (SSSR count). The summed E-state index contributed by atoms with van der Waals surface area (Å²) in [6.45, 7) is 12.9. The first-order valence-corrected chi connectivity index (χ1v) is 21.6. The zero-order valence-electron chi connectivity index (χ0n) is 34.9. The largest absolute Gasteiger partial charge is 0.507 e. The van der Waals surface area contributed by atoms with Crippen LogP contribution in [0.15, 0.2) is 40.9 Å². The number of aliphatic hydroxyl groups is 1. The summed E-state index contributed by atoms with van der Waals surface area (Å²) in [5, 5.41) is 33.0. The number of benzene rings is 1. The van der Waals surface area contributed by atoms with Crippen molar-refractivity contribution in [3.8, 4) is 22.9 Å². The van der Waals surface area contributed by atoms with Crippen molar-refractivity contribution >= 4 is 23.3 Å². The molecule has 2 amide bonds. The number of nitrogens with zero attached hydrogens (tertiary/aromatic N) is 7. The quantitative estimate of drug-likeness (QED) is 0.184. The van der Waals surface area contributed by atoms with E-state index in [0.717, 1.165) is 110 Å². The molecular weight excluding hydrogens is 771 g/mol. The number of hydrogen-bond donors (Lipinski definition) is 4. The number of carbonyl (C=O) groups is 2. The van der Waals surface area contributed by atoms with Gasteiger partial charge < -0.3 is 50.2 Å². The maximum absolute atomic E-state index is 13.5. The van der Waals surface area contributed by atoms with Gasteiger partial charge >= 0.3 is 0 Å². The highest BCUT2D eigenvalue weighted by Gasteiger charge is 2.47. The Morgan fingerprint density at radius 3 is 2.47 bits per heavy atom. The molecule has 0 radical (unpaired) electrons. The lowest BCUT2D eigenvalue weighted by Crippen LogP contribution is -2.57. The van der Waals surface area contributed by atoms with Crippen molar-refractivity contribution in [3.63, 3.8) is 0 Å². The molecule has 6 heterocycles. The Bertz CT molecular complexity index is 1960. The van der Waals surface area contributed by atoms with Gasteiger partial charge in [0, 0.05) is 63.9 Å². The van der Waals surface area contributed by atoms with Crippen LogP contribution in [0.25, 0.3) is 11.3 Å². The molecule has 4 saturated heterocycles. The number of carbonyl (C=O) groups excluding carboxylic acids is 2. The van der Waals surface area contributed by atoms with Gasteiger partial charge in [-0.15, -0.1) is 10.2 Å². The van der Waals surface area contributed by atoms with Crippen molar-refractivity contribution in [2.24, 2.45) is 17.1 Å². The predicted octanol–water partition coefficient (Wildman–Crippen LogP) is 2.62. The van der Waals surface area contributed by atoms with Gasteiger partial charge in [-0.05, 0) is 86.3 Å². The topological polar surface area (TPSA) is 219 Å². The first-order chi connectivity index (χ1) is 28.9. The molecule has 0 bridgehead atoms. The zero-order valence-corrected chi connectivity index (χ0v) is 34.9. The third-order valence-electron chi connectivity index (χ3n) is 13.6. The highest BCUT2D eigenvalue weighted by molar-refractivity contribution is 5.90. The van der Waals surface area contributed by atoms with Gasteiger partial charge in [0.1, 0.15) is 24.3 Å². The normalized spacial score (nSPS) is 23.9. The van der Waals surface area contributed by atoms with E-state index in [2.05, 4.69) is 30.1 Å². The number of β-amino-alcohol motifs (C(OH)–C–C–N with tert-alkyl or cyclic N) is 1. The van der Waals surface area contributed by atoms with Gasteiger partial charge in [0.15, 0.2) is 11.6 Å². The van der Waals surface area contributed by atoms with E-state index in [4.69, 9.17) is 30.2 Å². The molecule has 17 nitrogen and oxygen atoms in total. The molecule has 1 unspecified atom stereocenters. The summed E-state index contributed by atoms with van der Waals surface area (Å²) in [4.78, 5) is 34.0. The molecule has 3 atom stereocenters. The third-order valence-corrected chi connectivity index (χ3v) is 13.6. The monoisotopic (exact) mass is 831 g/mol. The number of nitrogen functional groups attached to an aromatic ring is 1. The second kappa shape index (κ2) is 17.8. The third kappa shape index (κ3) is 9.20. The molecule has 17 heteroatoms. The molecule has 5 aliphatic rings. The minimum atomic E-state index is -0.840. The number of aromatic nitrogens is 3. The van der Waals surface area contributed by atoms with Crippen LogP contribution < -0.4 is 21.1 Å². The number of amides is 2. The molecule has 5 fully saturated rings. The van der Waals surface area contributed by atoms with Crippen LogP contribution >= 0.6 is 0 Å². The van der Waals surface area contributed by atoms with E-state index < -0.39 is 24.0 Å². The summed E-state index contributed by atoms with van der Waals surface area (Å²) in [6.07, 6.45) is 5.98. The summed E-state index contributed by atoms with van der Waals surface area (Å²) < 4.78 is 24.4. The summed E-state index contributed by atoms with van der Waals surface area (Å²) in [6, 6.07) is 9.87. The number of para-hydroxylation sites is 1. The van der Waals surface area contributed by atoms with Gasteiger partial charge in [0.05, 0.1) is 42.4 Å². The maximum atomic E-state index is 13.5. The molecule has 326 valence electrons. The van der Waals surface area contributed by atoms with Crippen LogP contribution in [0.4, 0.5) is 11.5 Å². The van der Waals surface area contributed by atoms with Gasteiger partial charge in [-0.1, -0.05) is 26.0 Å². The second-order valence-corrected chi connectivity index (χ2v) is 18.0. The lowest BCUT2D eigenvalue weighted by Gasteiger charge is -2.52. The molecule has 60 heavy (non-hydrogen) atoms. The van der Waals surface area contributed by atoms with Crippen molar-refractivity contribution in [3.05, 3.63) is 42.2 Å². The number of ether oxygens (including phenoxy) is 3. The number of morpholine rings is 1. The Morgan fingerprint density at radius 1 is 0.983 bits per heavy atom. The molecule has 4 aliphatic heterocycles. The van der Waals surface area contributed by atoms with Crippen LogP contribution in [0.3, 0.4) is 0 Å². The van der Waals surface area contributed by atoms with Crippen molar-refractivity contribution in [2.45, 2.75) is 88.6 Å². The van der Waals surface area contributed by atoms with Crippen LogP contribution in [0.5, 0.6) is 11.6 Å². The van der Waals surface area contributed by atoms with Gasteiger partial charge in [-0.3, -0.25) is 19.4 Å². The lowest BCUT2D eigenvalue weighted by molar-refractivity contribution is -0.139. The average molecular weight is 832 g/mol. The number of aromatic hydroxyl groups is 1. The summed E-state index contributed by atoms with van der Waals surface area (Å²) in [7, 11) is 0. The highest BCUT2D eigenvalue weighted by atomic mass is 16.5. The van der Waals surface area contributed by atoms with E-state index in [0.29, 0.717) is 46.8 Å². The Morgan fingerprint density at radius 2 is 1.73 bits per heavy atom. The van der Waals surface area contributed by atoms with E-state index in [9.17, 15) is 19.8 Å². The molecule has 1 aromatic carbocycles. The van der Waals surface area contributed by atoms with Crippen molar-refractivity contribution in [1.29, 1.82) is 0 Å². The minimum Gasteiger partial charge on any atom is -0.507 e. The van der Waals surface area contributed by atoms with Gasteiger partial charge in [0.25, 0.3) is 5.88 Å². The number of piperidine rings is 2. The molecular formula is C43H61N9O8. The number of primary amides is 1. The predicted molar refractivity (Wildman–Crippen MR) is 222 cm³/mol. The Balaban J connectivity index is 0.722. The van der Waals surface area contributed by atoms with E-state index >= 15 is 0 Å². The van der Waals surface area contributed by atoms with Crippen molar-refractivity contribution < 1.29 is 38.5 Å². The van der Waals surface area contributed by atoms with Crippen LogP contribution in [0.1, 0.15) is 70.5 Å². The molecule has 1 aliphatic carbocycles. The fourth-order valence-corrected chi connectivity index (χ4v) is 10.1. The lowest BCUT2D eigenvalue weighted by atomic mass is 9.61. The summed E-state index contributed by atoms with van der Waals surface area (Å²) in [5.41, 5.74) is 14.1. The summed E-state index contributed by atoms with van der Waals surface area (Å²) >= 11 is 0. The number of aliphatic hydroxyl groups excluding tert-OH is 1. The number of likely N-dealkylation sites (tertiary alicyclic amines) is 2. The number of hydrogen-bond acceptors (Lipinski definition) is 15. The molecule has 1 saturated carbocycles. The highest BCUT2D eigenvalue weighted by Crippen LogP contribution is 2.50. The number of rotatable bonds is 14. The van der Waals surface area contributed by atoms with Crippen LogP contribution in [-0.4, -0.2) is 155 Å². The van der Waals surface area contributed by atoms with E-state index in [1.807, 2.05) is 32.0 Å². The smallest absolute Gasteiger partial charge is 0.254 e. The first-order valence-electron chi connectivity index (χ1n) is 21.6. The zero-order chi connectivity index (χ0) is 42.0. The Labute approximate surface area is 351 Å². The van der Waals surface area contributed by atoms with Gasteiger partial charge in [-0.2, -0.15) is 0 Å². The number of anilines is 2. The SMILES string of the molecule is CC(C)C(C(=O)N1C[C@H](O)C[C@H]1C(N)=O)c1cc(OCCN2CCC3(CC2)CC(OCCN2CCOC4(CCN(c5cc(-c6ccccc6O)nnc5N)CC4)C2)C3)no1. The van der Waals surface area contributed by atoms with E-state index in [1.54, 1.807) is 18.2 Å². The van der Waals surface area contributed by atoms with Gasteiger partial charge in [0.2, 0.25) is 11.8 Å². The van der Waals surface area contributed by atoms with Crippen molar-refractivity contribution in [2.75, 3.05) is 89.4 Å². The maximum Gasteiger partial charge on any atom is 0.254 e. The minimum absolute atomic E-state index is 0.0606. The fraction of sp³-hybridized carbons (Fsp3) is 0.651. The van der Waals surface area contributed by atoms with E-state index in [-0.39, 0.29) is 36.1 Å². The number of nitrogens with two attached hydrogens (primary N) is 2. The van der Waals surface area contributed by atoms with Crippen molar-refractivity contribution in [1.82, 2.24) is 30.1 Å². The molecule has 6 N–H and O–H groups in total. The Hall–Kier alpha value is -4.55. The second-order valence-electron chi connectivity index (χ2n) is 18.0. The molecule has 2 aromatic heterocycles. The van der Waals surface area contributed by atoms with Crippen LogP contribution in [0.2, 0.25) is 0 Å². The van der Waals surface area contributed by atoms with Crippen LogP contribution in [-0.2, 0) is 19.1 Å². The van der Waals surface area contributed by atoms with E-state index in [1.165, 1.54) is 4.90 Å².